The molecule has 0 radical (unpaired) electrons. The molecule has 0 aromatic carbocycles. The van der Waals surface area contributed by atoms with E-state index in [4.69, 9.17) is 4.74 Å². The van der Waals surface area contributed by atoms with Gasteiger partial charge in [0, 0.05) is 5.92 Å². The highest BCUT2D eigenvalue weighted by Gasteiger charge is 2.35. The van der Waals surface area contributed by atoms with Gasteiger partial charge in [-0.2, -0.15) is 4.98 Å². The van der Waals surface area contributed by atoms with Gasteiger partial charge in [-0.25, -0.2) is 5.10 Å². The molecule has 2 aliphatic rings. The summed E-state index contributed by atoms with van der Waals surface area (Å²) in [6, 6.07) is 0.247. The van der Waals surface area contributed by atoms with Crippen molar-refractivity contribution >= 4 is 11.9 Å². The van der Waals surface area contributed by atoms with Crippen LogP contribution < -0.4 is 10.1 Å². The molecule has 1 aromatic heterocycles. The van der Waals surface area contributed by atoms with Crippen LogP contribution in [0, 0.1) is 17.8 Å². The Morgan fingerprint density at radius 1 is 1.25 bits per heavy atom. The third-order valence-corrected chi connectivity index (χ3v) is 4.80. The number of nitrogens with zero attached hydrogens (tertiary/aromatic N) is 2. The highest BCUT2D eigenvalue weighted by atomic mass is 16.5. The number of methoxy groups -OCH3 is 1. The standard InChI is InChI=1S/C14H22N4O2/c1-20-14-16-13(17-18-14)15-12(19)11-7-6-9-4-2-3-5-10(9)8-11/h9-11H,2-8H2,1H3,(H2,15,16,17,18,19). The number of carbonyl (C=O) groups excluding carboxylic acids is 1. The largest absolute Gasteiger partial charge is 0.466 e. The zero-order chi connectivity index (χ0) is 13.9. The van der Waals surface area contributed by atoms with E-state index < -0.39 is 0 Å². The smallest absolute Gasteiger partial charge is 0.336 e. The maximum absolute atomic E-state index is 12.3. The molecule has 0 spiro atoms. The van der Waals surface area contributed by atoms with E-state index in [1.165, 1.54) is 39.2 Å². The fourth-order valence-corrected chi connectivity index (χ4v) is 3.72. The molecule has 110 valence electrons. The van der Waals surface area contributed by atoms with Gasteiger partial charge in [0.1, 0.15) is 0 Å². The molecular weight excluding hydrogens is 256 g/mol. The molecule has 3 rings (SSSR count). The van der Waals surface area contributed by atoms with Gasteiger partial charge in [-0.3, -0.25) is 10.1 Å². The van der Waals surface area contributed by atoms with Gasteiger partial charge >= 0.3 is 6.01 Å². The molecule has 1 heterocycles. The molecule has 0 saturated heterocycles. The zero-order valence-corrected chi connectivity index (χ0v) is 11.9. The molecule has 2 fully saturated rings. The number of hydrogen-bond donors (Lipinski definition) is 2. The van der Waals surface area contributed by atoms with Gasteiger partial charge < -0.3 is 4.74 Å². The van der Waals surface area contributed by atoms with Gasteiger partial charge in [0.05, 0.1) is 7.11 Å². The van der Waals surface area contributed by atoms with Crippen molar-refractivity contribution in [3.05, 3.63) is 0 Å². The molecule has 1 amide bonds. The van der Waals surface area contributed by atoms with E-state index in [9.17, 15) is 4.79 Å². The molecule has 1 aromatic rings. The first-order valence-corrected chi connectivity index (χ1v) is 7.53. The Bertz CT molecular complexity index is 473. The Hall–Kier alpha value is -1.59. The number of ether oxygens (including phenoxy) is 1. The van der Waals surface area contributed by atoms with Gasteiger partial charge in [0.2, 0.25) is 11.9 Å². The predicted octanol–water partition coefficient (Wildman–Crippen LogP) is 2.36. The quantitative estimate of drug-likeness (QED) is 0.889. The van der Waals surface area contributed by atoms with Gasteiger partial charge in [-0.1, -0.05) is 25.7 Å². The van der Waals surface area contributed by atoms with E-state index in [1.54, 1.807) is 0 Å². The van der Waals surface area contributed by atoms with Crippen LogP contribution in [0.5, 0.6) is 6.01 Å². The molecule has 2 saturated carbocycles. The maximum atomic E-state index is 12.3. The molecule has 0 bridgehead atoms. The lowest BCUT2D eigenvalue weighted by molar-refractivity contribution is -0.122. The summed E-state index contributed by atoms with van der Waals surface area (Å²) in [6.45, 7) is 0. The summed E-state index contributed by atoms with van der Waals surface area (Å²) < 4.78 is 4.89. The van der Waals surface area contributed by atoms with E-state index in [1.807, 2.05) is 0 Å². The van der Waals surface area contributed by atoms with Crippen LogP contribution in [0.3, 0.4) is 0 Å². The van der Waals surface area contributed by atoms with Gasteiger partial charge in [-0.15, -0.1) is 5.10 Å². The molecular formula is C14H22N4O2. The average molecular weight is 278 g/mol. The maximum Gasteiger partial charge on any atom is 0.336 e. The minimum Gasteiger partial charge on any atom is -0.466 e. The Labute approximate surface area is 118 Å². The van der Waals surface area contributed by atoms with Crippen molar-refractivity contribution in [2.45, 2.75) is 44.9 Å². The van der Waals surface area contributed by atoms with Crippen LogP contribution in [0.25, 0.3) is 0 Å². The second-order valence-corrected chi connectivity index (χ2v) is 5.97. The first-order valence-electron chi connectivity index (χ1n) is 7.53. The van der Waals surface area contributed by atoms with Crippen molar-refractivity contribution in [3.63, 3.8) is 0 Å². The van der Waals surface area contributed by atoms with Crippen LogP contribution in [0.1, 0.15) is 44.9 Å². The summed E-state index contributed by atoms with van der Waals surface area (Å²) in [5.41, 5.74) is 0. The number of aromatic amines is 1. The van der Waals surface area contributed by atoms with Crippen molar-refractivity contribution in [1.82, 2.24) is 15.2 Å². The monoisotopic (exact) mass is 278 g/mol. The average Bonchev–Trinajstić information content (AvgIpc) is 2.94. The number of hydrogen-bond acceptors (Lipinski definition) is 4. The number of aromatic nitrogens is 3. The van der Waals surface area contributed by atoms with E-state index in [-0.39, 0.29) is 17.8 Å². The lowest BCUT2D eigenvalue weighted by atomic mass is 9.67. The first-order chi connectivity index (χ1) is 9.76. The third kappa shape index (κ3) is 2.78. The van der Waals surface area contributed by atoms with E-state index in [2.05, 4.69) is 20.5 Å². The molecule has 3 unspecified atom stereocenters. The summed E-state index contributed by atoms with van der Waals surface area (Å²) in [5, 5.41) is 9.30. The van der Waals surface area contributed by atoms with Crippen LogP contribution in [-0.4, -0.2) is 28.2 Å². The molecule has 3 atom stereocenters. The van der Waals surface area contributed by atoms with Crippen LogP contribution in [-0.2, 0) is 4.79 Å². The number of rotatable bonds is 3. The van der Waals surface area contributed by atoms with Crippen molar-refractivity contribution in [2.75, 3.05) is 12.4 Å². The number of amides is 1. The molecule has 2 aliphatic carbocycles. The highest BCUT2D eigenvalue weighted by molar-refractivity contribution is 5.90. The van der Waals surface area contributed by atoms with E-state index in [0.29, 0.717) is 5.95 Å². The Balaban J connectivity index is 1.57. The Kier molecular flexibility index (Phi) is 3.89. The van der Waals surface area contributed by atoms with Crippen LogP contribution in [0.15, 0.2) is 0 Å². The molecule has 6 heteroatoms. The Morgan fingerprint density at radius 2 is 2.05 bits per heavy atom. The lowest BCUT2D eigenvalue weighted by Crippen LogP contribution is -2.34. The van der Waals surface area contributed by atoms with Crippen molar-refractivity contribution in [1.29, 1.82) is 0 Å². The van der Waals surface area contributed by atoms with Crippen LogP contribution >= 0.6 is 0 Å². The Morgan fingerprint density at radius 3 is 2.80 bits per heavy atom. The van der Waals surface area contributed by atoms with Crippen LogP contribution in [0.2, 0.25) is 0 Å². The molecule has 6 nitrogen and oxygen atoms in total. The SMILES string of the molecule is COc1n[nH]c(NC(=O)C2CCC3CCCCC3C2)n1. The number of H-pyrrole nitrogens is 1. The van der Waals surface area contributed by atoms with Crippen molar-refractivity contribution in [2.24, 2.45) is 17.8 Å². The summed E-state index contributed by atoms with van der Waals surface area (Å²) in [7, 11) is 1.50. The number of anilines is 1. The number of nitrogens with one attached hydrogen (secondary N) is 2. The summed E-state index contributed by atoms with van der Waals surface area (Å²) >= 11 is 0. The number of fused-ring (bicyclic) bond motifs is 1. The highest BCUT2D eigenvalue weighted by Crippen LogP contribution is 2.42. The topological polar surface area (TPSA) is 79.9 Å². The van der Waals surface area contributed by atoms with Gasteiger partial charge in [0.25, 0.3) is 0 Å². The predicted molar refractivity (Wildman–Crippen MR) is 74.4 cm³/mol. The lowest BCUT2D eigenvalue weighted by Gasteiger charge is -2.38. The van der Waals surface area contributed by atoms with E-state index in [0.717, 1.165) is 24.7 Å². The zero-order valence-electron chi connectivity index (χ0n) is 11.9. The third-order valence-electron chi connectivity index (χ3n) is 4.80. The van der Waals surface area contributed by atoms with Crippen molar-refractivity contribution < 1.29 is 9.53 Å². The second-order valence-electron chi connectivity index (χ2n) is 5.97. The van der Waals surface area contributed by atoms with Gasteiger partial charge in [0.15, 0.2) is 0 Å². The minimum atomic E-state index is 0.0628. The van der Waals surface area contributed by atoms with E-state index >= 15 is 0 Å². The fourth-order valence-electron chi connectivity index (χ4n) is 3.72. The molecule has 0 aliphatic heterocycles. The first kappa shape index (κ1) is 13.4. The minimum absolute atomic E-state index is 0.0628. The van der Waals surface area contributed by atoms with Crippen molar-refractivity contribution in [3.8, 4) is 6.01 Å². The molecule has 2 N–H and O–H groups in total. The summed E-state index contributed by atoms with van der Waals surface area (Å²) in [6.07, 6.45) is 8.58. The van der Waals surface area contributed by atoms with Crippen LogP contribution in [0.4, 0.5) is 5.95 Å². The fraction of sp³-hybridized carbons (Fsp3) is 0.786. The molecule has 20 heavy (non-hydrogen) atoms. The van der Waals surface area contributed by atoms with Gasteiger partial charge in [-0.05, 0) is 31.1 Å². The second kappa shape index (κ2) is 5.81. The summed E-state index contributed by atoms with van der Waals surface area (Å²) in [5.74, 6) is 2.16. The normalized spacial score (nSPS) is 29.6. The summed E-state index contributed by atoms with van der Waals surface area (Å²) in [4.78, 5) is 16.3. The number of carbonyl (C=O) groups is 1.